The van der Waals surface area contributed by atoms with Gasteiger partial charge in [0.2, 0.25) is 0 Å². The first kappa shape index (κ1) is 54.0. The number of carbonyl (C=O) groups is 6. The average Bonchev–Trinajstić information content (AvgIpc) is 3.46. The van der Waals surface area contributed by atoms with Crippen molar-refractivity contribution in [3.8, 4) is 0 Å². The maximum atomic E-state index is 14.2. The van der Waals surface area contributed by atoms with E-state index in [9.17, 15) is 28.8 Å². The van der Waals surface area contributed by atoms with Gasteiger partial charge in [-0.25, -0.2) is 28.8 Å². The Morgan fingerprint density at radius 2 is 0.684 bits per heavy atom. The molecule has 2 aliphatic rings. The number of rotatable bonds is 20. The van der Waals surface area contributed by atoms with Crippen LogP contribution in [0.4, 0.5) is 0 Å². The molecule has 16 nitrogen and oxygen atoms in total. The molecule has 392 valence electrons. The lowest BCUT2D eigenvalue weighted by atomic mass is 9.97. The summed E-state index contributed by atoms with van der Waals surface area (Å²) in [6.45, 7) is 2.96. The highest BCUT2D eigenvalue weighted by molar-refractivity contribution is 5.92. The van der Waals surface area contributed by atoms with Crippen molar-refractivity contribution in [2.24, 2.45) is 0 Å². The SMILES string of the molecule is CC/C=C\CCO[C@@H]1O[C@H](CO[C@@H]2O[C@@H](C)[C@H](OC(=O)c3ccccc3)[C@@H](OC(=O)c3ccccc3)[C@H]2OC(=O)c2ccccc2)[C@@H](OC(=O)c2ccccc2)[C@H](OC(=O)c2ccccc2)[C@H]1OC(=O)c1ccccc1. The standard InChI is InChI=1S/C60H56O16/c1-3-4-5-24-37-67-59-52(76-58(66)45-35-22-11-23-36-45)50(74-56(64)43-31-18-9-19-32-43)48(72-54(62)41-27-14-7-15-28-41)46(70-59)38-68-60-51(75-57(65)44-33-20-10-21-34-44)49(73-55(63)42-29-16-8-17-30-42)47(39(2)69-60)71-53(61)40-25-12-6-13-26-40/h4-23,25-36,39,46-52,59-60H,3,24,37-38H2,1-2H3/b5-4-/t39-,46+,47-,48+,49+,50-,51+,52+,59+,60+/m0/s1. The van der Waals surface area contributed by atoms with Gasteiger partial charge in [-0.3, -0.25) is 0 Å². The highest BCUT2D eigenvalue weighted by atomic mass is 16.8. The van der Waals surface area contributed by atoms with Crippen LogP contribution in [0.5, 0.6) is 0 Å². The number of ether oxygens (including phenoxy) is 10. The molecule has 2 saturated heterocycles. The molecule has 0 saturated carbocycles. The lowest BCUT2D eigenvalue weighted by Crippen LogP contribution is -2.64. The molecule has 16 heteroatoms. The second-order valence-electron chi connectivity index (χ2n) is 17.5. The summed E-state index contributed by atoms with van der Waals surface area (Å²) < 4.78 is 63.2. The molecule has 0 N–H and O–H groups in total. The summed E-state index contributed by atoms with van der Waals surface area (Å²) in [6, 6.07) is 48.3. The molecule has 0 spiro atoms. The molecular formula is C60H56O16. The van der Waals surface area contributed by atoms with Gasteiger partial charge in [-0.05, 0) is 92.6 Å². The molecule has 0 aromatic heterocycles. The molecule has 0 radical (unpaired) electrons. The van der Waals surface area contributed by atoms with Gasteiger partial charge >= 0.3 is 35.8 Å². The van der Waals surface area contributed by atoms with Gasteiger partial charge in [0.25, 0.3) is 0 Å². The van der Waals surface area contributed by atoms with E-state index in [1.165, 1.54) is 60.7 Å². The Morgan fingerprint density at radius 3 is 1.04 bits per heavy atom. The zero-order valence-corrected chi connectivity index (χ0v) is 41.6. The molecule has 0 bridgehead atoms. The molecule has 76 heavy (non-hydrogen) atoms. The Morgan fingerprint density at radius 1 is 0.382 bits per heavy atom. The maximum Gasteiger partial charge on any atom is 0.338 e. The van der Waals surface area contributed by atoms with Crippen LogP contribution in [0.2, 0.25) is 0 Å². The summed E-state index contributed by atoms with van der Waals surface area (Å²) in [5.74, 6) is -5.08. The summed E-state index contributed by atoms with van der Waals surface area (Å²) >= 11 is 0. The fourth-order valence-electron chi connectivity index (χ4n) is 8.40. The van der Waals surface area contributed by atoms with E-state index >= 15 is 0 Å². The van der Waals surface area contributed by atoms with Gasteiger partial charge in [-0.1, -0.05) is 128 Å². The van der Waals surface area contributed by atoms with Gasteiger partial charge in [0.05, 0.1) is 52.7 Å². The third kappa shape index (κ3) is 14.1. The zero-order valence-electron chi connectivity index (χ0n) is 41.6. The van der Waals surface area contributed by atoms with Gasteiger partial charge in [0, 0.05) is 0 Å². The van der Waals surface area contributed by atoms with Crippen LogP contribution in [0, 0.1) is 0 Å². The van der Waals surface area contributed by atoms with E-state index in [1.807, 2.05) is 19.1 Å². The Labute approximate surface area is 439 Å². The van der Waals surface area contributed by atoms with Crippen LogP contribution >= 0.6 is 0 Å². The van der Waals surface area contributed by atoms with Crippen LogP contribution in [0.25, 0.3) is 0 Å². The third-order valence-electron chi connectivity index (χ3n) is 12.2. The van der Waals surface area contributed by atoms with Crippen molar-refractivity contribution in [3.05, 3.63) is 228 Å². The smallest absolute Gasteiger partial charge is 0.338 e. The van der Waals surface area contributed by atoms with Crippen LogP contribution in [0.3, 0.4) is 0 Å². The second kappa shape index (κ2) is 26.8. The fourth-order valence-corrected chi connectivity index (χ4v) is 8.40. The summed E-state index contributed by atoms with van der Waals surface area (Å²) in [7, 11) is 0. The van der Waals surface area contributed by atoms with Crippen LogP contribution in [0.1, 0.15) is 88.8 Å². The number of allylic oxidation sites excluding steroid dienone is 1. The monoisotopic (exact) mass is 1030 g/mol. The minimum Gasteiger partial charge on any atom is -0.452 e. The zero-order chi connectivity index (χ0) is 53.2. The Hall–Kier alpha value is -8.28. The summed E-state index contributed by atoms with van der Waals surface area (Å²) in [6.07, 6.45) is -10.2. The summed E-state index contributed by atoms with van der Waals surface area (Å²) in [5, 5.41) is 0. The minimum atomic E-state index is -1.68. The summed E-state index contributed by atoms with van der Waals surface area (Å²) in [4.78, 5) is 84.4. The third-order valence-corrected chi connectivity index (χ3v) is 12.2. The lowest BCUT2D eigenvalue weighted by molar-refractivity contribution is -0.325. The number of hydrogen-bond donors (Lipinski definition) is 0. The molecule has 0 aliphatic carbocycles. The molecule has 2 fully saturated rings. The van der Waals surface area contributed by atoms with E-state index in [1.54, 1.807) is 128 Å². The second-order valence-corrected chi connectivity index (χ2v) is 17.5. The van der Waals surface area contributed by atoms with E-state index in [4.69, 9.17) is 47.4 Å². The minimum absolute atomic E-state index is 0.0280. The van der Waals surface area contributed by atoms with Crippen molar-refractivity contribution >= 4 is 35.8 Å². The number of esters is 6. The molecule has 2 aliphatic heterocycles. The first-order valence-electron chi connectivity index (χ1n) is 24.8. The highest BCUT2D eigenvalue weighted by Gasteiger charge is 2.56. The van der Waals surface area contributed by atoms with Gasteiger partial charge in [-0.15, -0.1) is 0 Å². The van der Waals surface area contributed by atoms with E-state index in [0.29, 0.717) is 6.42 Å². The van der Waals surface area contributed by atoms with Gasteiger partial charge in [0.15, 0.2) is 49.2 Å². The van der Waals surface area contributed by atoms with Crippen LogP contribution < -0.4 is 0 Å². The predicted octanol–water partition coefficient (Wildman–Crippen LogP) is 9.20. The largest absolute Gasteiger partial charge is 0.452 e. The molecule has 6 aromatic carbocycles. The Bertz CT molecular complexity index is 2870. The van der Waals surface area contributed by atoms with Crippen LogP contribution in [0.15, 0.2) is 194 Å². The van der Waals surface area contributed by atoms with Gasteiger partial charge < -0.3 is 47.4 Å². The van der Waals surface area contributed by atoms with Crippen molar-refractivity contribution in [3.63, 3.8) is 0 Å². The molecule has 6 aromatic rings. The predicted molar refractivity (Wildman–Crippen MR) is 273 cm³/mol. The topological polar surface area (TPSA) is 195 Å². The first-order valence-corrected chi connectivity index (χ1v) is 24.8. The normalized spacial score (nSPS) is 23.1. The molecule has 2 heterocycles. The average molecular weight is 1030 g/mol. The quantitative estimate of drug-likeness (QED) is 0.0304. The molecule has 0 unspecified atom stereocenters. The van der Waals surface area contributed by atoms with Crippen molar-refractivity contribution in [2.75, 3.05) is 13.2 Å². The van der Waals surface area contributed by atoms with Crippen LogP contribution in [-0.2, 0) is 47.4 Å². The van der Waals surface area contributed by atoms with E-state index in [-0.39, 0.29) is 40.0 Å². The van der Waals surface area contributed by atoms with Gasteiger partial charge in [0.1, 0.15) is 6.10 Å². The Kier molecular flexibility index (Phi) is 19.0. The lowest BCUT2D eigenvalue weighted by Gasteiger charge is -2.46. The fraction of sp³-hybridized carbons (Fsp3) is 0.267. The first-order chi connectivity index (χ1) is 37.1. The molecule has 0 amide bonds. The number of carbonyl (C=O) groups excluding carboxylic acids is 6. The van der Waals surface area contributed by atoms with E-state index in [0.717, 1.165) is 6.42 Å². The van der Waals surface area contributed by atoms with Crippen molar-refractivity contribution in [2.45, 2.75) is 88.1 Å². The number of benzene rings is 6. The molecule has 8 rings (SSSR count). The van der Waals surface area contributed by atoms with Crippen molar-refractivity contribution in [1.29, 1.82) is 0 Å². The number of hydrogen-bond acceptors (Lipinski definition) is 16. The van der Waals surface area contributed by atoms with E-state index in [2.05, 4.69) is 0 Å². The van der Waals surface area contributed by atoms with E-state index < -0.39 is 104 Å². The van der Waals surface area contributed by atoms with Crippen molar-refractivity contribution in [1.82, 2.24) is 0 Å². The van der Waals surface area contributed by atoms with Crippen molar-refractivity contribution < 1.29 is 76.1 Å². The Balaban J connectivity index is 1.19. The molecular weight excluding hydrogens is 977 g/mol. The molecule has 10 atom stereocenters. The highest BCUT2D eigenvalue weighted by Crippen LogP contribution is 2.35. The van der Waals surface area contributed by atoms with Crippen LogP contribution in [-0.4, -0.2) is 110 Å². The maximum absolute atomic E-state index is 14.2. The van der Waals surface area contributed by atoms with Gasteiger partial charge in [-0.2, -0.15) is 0 Å². The summed E-state index contributed by atoms with van der Waals surface area (Å²) in [5.41, 5.74) is 0.815.